The zero-order chi connectivity index (χ0) is 19.4. The number of carbonyl (C=O) groups is 1. The number of nitrogens with one attached hydrogen (secondary N) is 1. The van der Waals surface area contributed by atoms with Gasteiger partial charge in [0.25, 0.3) is 5.91 Å². The molecule has 2 aromatic carbocycles. The molecule has 0 aliphatic carbocycles. The van der Waals surface area contributed by atoms with E-state index < -0.39 is 0 Å². The molecule has 1 heterocycles. The number of benzene rings is 2. The van der Waals surface area contributed by atoms with Gasteiger partial charge in [0, 0.05) is 22.5 Å². The van der Waals surface area contributed by atoms with Crippen LogP contribution in [0.1, 0.15) is 27.3 Å². The zero-order valence-corrected chi connectivity index (χ0v) is 15.4. The Balaban J connectivity index is 1.77. The van der Waals surface area contributed by atoms with Gasteiger partial charge >= 0.3 is 0 Å². The van der Waals surface area contributed by atoms with Gasteiger partial charge < -0.3 is 9.30 Å². The number of ether oxygens (including phenoxy) is 1. The Labute approximate surface area is 157 Å². The van der Waals surface area contributed by atoms with E-state index in [2.05, 4.69) is 10.5 Å². The van der Waals surface area contributed by atoms with Gasteiger partial charge in [-0.25, -0.2) is 9.82 Å². The van der Waals surface area contributed by atoms with Gasteiger partial charge in [-0.05, 0) is 56.3 Å². The summed E-state index contributed by atoms with van der Waals surface area (Å²) in [5, 5.41) is 4.03. The number of hydrogen-bond donors (Lipinski definition) is 1. The number of amides is 1. The summed E-state index contributed by atoms with van der Waals surface area (Å²) in [5.74, 6) is 0.0584. The Morgan fingerprint density at radius 1 is 1.15 bits per heavy atom. The van der Waals surface area contributed by atoms with Gasteiger partial charge in [-0.1, -0.05) is 12.1 Å². The van der Waals surface area contributed by atoms with Crippen LogP contribution in [0.15, 0.2) is 59.7 Å². The summed E-state index contributed by atoms with van der Waals surface area (Å²) < 4.78 is 21.0. The average molecular weight is 365 g/mol. The Kier molecular flexibility index (Phi) is 5.35. The molecule has 3 rings (SSSR count). The van der Waals surface area contributed by atoms with Crippen molar-refractivity contribution in [2.75, 3.05) is 7.11 Å². The van der Waals surface area contributed by atoms with Crippen LogP contribution in [0, 0.1) is 19.7 Å². The summed E-state index contributed by atoms with van der Waals surface area (Å²) in [5.41, 5.74) is 5.96. The molecule has 0 aliphatic rings. The van der Waals surface area contributed by atoms with Crippen LogP contribution >= 0.6 is 0 Å². The number of carbonyl (C=O) groups excluding carboxylic acids is 1. The van der Waals surface area contributed by atoms with Gasteiger partial charge in [0.15, 0.2) is 0 Å². The Morgan fingerprint density at radius 3 is 2.52 bits per heavy atom. The number of nitrogens with zero attached hydrogens (tertiary/aromatic N) is 2. The lowest BCUT2D eigenvalue weighted by Crippen LogP contribution is -2.17. The first-order valence-electron chi connectivity index (χ1n) is 8.42. The van der Waals surface area contributed by atoms with Crippen molar-refractivity contribution in [1.29, 1.82) is 0 Å². The molecular weight excluding hydrogens is 345 g/mol. The van der Waals surface area contributed by atoms with Crippen molar-refractivity contribution < 1.29 is 13.9 Å². The number of rotatable bonds is 5. The van der Waals surface area contributed by atoms with Crippen molar-refractivity contribution in [3.05, 3.63) is 82.9 Å². The van der Waals surface area contributed by atoms with Crippen LogP contribution in [0.25, 0.3) is 5.69 Å². The normalized spacial score (nSPS) is 11.0. The fraction of sp³-hybridized carbons (Fsp3) is 0.143. The van der Waals surface area contributed by atoms with Crippen molar-refractivity contribution in [3.63, 3.8) is 0 Å². The molecule has 0 saturated heterocycles. The fourth-order valence-electron chi connectivity index (χ4n) is 2.89. The molecule has 1 amide bonds. The molecule has 27 heavy (non-hydrogen) atoms. The quantitative estimate of drug-likeness (QED) is 0.549. The fourth-order valence-corrected chi connectivity index (χ4v) is 2.89. The predicted octanol–water partition coefficient (Wildman–Crippen LogP) is 4.01. The Morgan fingerprint density at radius 2 is 1.85 bits per heavy atom. The molecular formula is C21H20FN3O2. The second-order valence-electron chi connectivity index (χ2n) is 6.04. The molecule has 0 saturated carbocycles. The monoisotopic (exact) mass is 365 g/mol. The molecule has 1 N–H and O–H groups in total. The van der Waals surface area contributed by atoms with Crippen molar-refractivity contribution >= 4 is 12.1 Å². The number of aromatic nitrogens is 1. The summed E-state index contributed by atoms with van der Waals surface area (Å²) in [6, 6.07) is 15.2. The Hall–Kier alpha value is -3.41. The number of aryl methyl sites for hydroxylation is 1. The minimum absolute atomic E-state index is 0.296. The first-order valence-corrected chi connectivity index (χ1v) is 8.42. The van der Waals surface area contributed by atoms with Crippen molar-refractivity contribution in [2.45, 2.75) is 13.8 Å². The summed E-state index contributed by atoms with van der Waals surface area (Å²) in [7, 11) is 1.57. The highest BCUT2D eigenvalue weighted by molar-refractivity contribution is 5.95. The standard InChI is InChI=1S/C21H20FN3O2/c1-14-12-17(15(2)25(14)20-7-5-4-6-19(20)22)13-23-24-21(26)16-8-10-18(27-3)11-9-16/h4-13H,1-3H3,(H,24,26)/b23-13-. The Bertz CT molecular complexity index is 991. The maximum absolute atomic E-state index is 14.1. The summed E-state index contributed by atoms with van der Waals surface area (Å²) >= 11 is 0. The molecule has 5 nitrogen and oxygen atoms in total. The highest BCUT2D eigenvalue weighted by Gasteiger charge is 2.12. The molecule has 6 heteroatoms. The highest BCUT2D eigenvalue weighted by atomic mass is 19.1. The van der Waals surface area contributed by atoms with Gasteiger partial charge in [-0.3, -0.25) is 4.79 Å². The van der Waals surface area contributed by atoms with E-state index in [9.17, 15) is 9.18 Å². The third kappa shape index (κ3) is 3.89. The molecule has 0 spiro atoms. The molecule has 0 atom stereocenters. The van der Waals surface area contributed by atoms with Crippen LogP contribution < -0.4 is 10.2 Å². The largest absolute Gasteiger partial charge is 0.497 e. The number of hydrogen-bond acceptors (Lipinski definition) is 3. The van der Waals surface area contributed by atoms with E-state index in [1.165, 1.54) is 6.07 Å². The molecule has 0 bridgehead atoms. The topological polar surface area (TPSA) is 55.6 Å². The highest BCUT2D eigenvalue weighted by Crippen LogP contribution is 2.21. The van der Waals surface area contributed by atoms with Crippen LogP contribution in [0.5, 0.6) is 5.75 Å². The van der Waals surface area contributed by atoms with E-state index in [-0.39, 0.29) is 11.7 Å². The predicted molar refractivity (Wildman–Crippen MR) is 103 cm³/mol. The van der Waals surface area contributed by atoms with Gasteiger partial charge in [0.2, 0.25) is 0 Å². The lowest BCUT2D eigenvalue weighted by atomic mass is 10.2. The molecule has 1 aromatic heterocycles. The summed E-state index contributed by atoms with van der Waals surface area (Å²) in [6.07, 6.45) is 1.56. The van der Waals surface area contributed by atoms with Crippen molar-refractivity contribution in [3.8, 4) is 11.4 Å². The van der Waals surface area contributed by atoms with Crippen LogP contribution in [0.2, 0.25) is 0 Å². The van der Waals surface area contributed by atoms with E-state index in [1.807, 2.05) is 24.5 Å². The average Bonchev–Trinajstić information content (AvgIpc) is 2.96. The molecule has 0 radical (unpaired) electrons. The molecule has 0 fully saturated rings. The maximum atomic E-state index is 14.1. The second-order valence-corrected chi connectivity index (χ2v) is 6.04. The minimum Gasteiger partial charge on any atom is -0.497 e. The lowest BCUT2D eigenvalue weighted by Gasteiger charge is -2.10. The van der Waals surface area contributed by atoms with Gasteiger partial charge in [-0.2, -0.15) is 5.10 Å². The van der Waals surface area contributed by atoms with E-state index >= 15 is 0 Å². The molecule has 138 valence electrons. The van der Waals surface area contributed by atoms with Crippen LogP contribution in [0.3, 0.4) is 0 Å². The lowest BCUT2D eigenvalue weighted by molar-refractivity contribution is 0.0955. The van der Waals surface area contributed by atoms with Crippen LogP contribution in [-0.2, 0) is 0 Å². The van der Waals surface area contributed by atoms with Crippen LogP contribution in [0.4, 0.5) is 4.39 Å². The third-order valence-electron chi connectivity index (χ3n) is 4.29. The SMILES string of the molecule is COc1ccc(C(=O)N/N=C\c2cc(C)n(-c3ccccc3F)c2C)cc1. The van der Waals surface area contributed by atoms with E-state index in [0.29, 0.717) is 17.0 Å². The van der Waals surface area contributed by atoms with Crippen LogP contribution in [-0.4, -0.2) is 23.8 Å². The first kappa shape index (κ1) is 18.4. The number of hydrazone groups is 1. The third-order valence-corrected chi connectivity index (χ3v) is 4.29. The van der Waals surface area contributed by atoms with Crippen molar-refractivity contribution in [1.82, 2.24) is 9.99 Å². The molecule has 0 unspecified atom stereocenters. The number of para-hydroxylation sites is 1. The van der Waals surface area contributed by atoms with Gasteiger partial charge in [0.1, 0.15) is 11.6 Å². The smallest absolute Gasteiger partial charge is 0.271 e. The van der Waals surface area contributed by atoms with E-state index in [0.717, 1.165) is 17.0 Å². The maximum Gasteiger partial charge on any atom is 0.271 e. The zero-order valence-electron chi connectivity index (χ0n) is 15.4. The minimum atomic E-state index is -0.322. The first-order chi connectivity index (χ1) is 13.0. The summed E-state index contributed by atoms with van der Waals surface area (Å²) in [6.45, 7) is 3.78. The number of methoxy groups -OCH3 is 1. The van der Waals surface area contributed by atoms with E-state index in [1.54, 1.807) is 55.8 Å². The van der Waals surface area contributed by atoms with Crippen molar-refractivity contribution in [2.24, 2.45) is 5.10 Å². The second kappa shape index (κ2) is 7.86. The summed E-state index contributed by atoms with van der Waals surface area (Å²) in [4.78, 5) is 12.1. The molecule has 0 aliphatic heterocycles. The number of halogens is 1. The molecule has 3 aromatic rings. The van der Waals surface area contributed by atoms with E-state index in [4.69, 9.17) is 4.74 Å². The van der Waals surface area contributed by atoms with Gasteiger partial charge in [-0.15, -0.1) is 0 Å². The van der Waals surface area contributed by atoms with Gasteiger partial charge in [0.05, 0.1) is 19.0 Å².